The highest BCUT2D eigenvalue weighted by Gasteiger charge is 2.16. The number of fused-ring (bicyclic) bond motifs is 5. The van der Waals surface area contributed by atoms with E-state index in [9.17, 15) is 0 Å². The summed E-state index contributed by atoms with van der Waals surface area (Å²) in [6.45, 7) is 2.16. The highest BCUT2D eigenvalue weighted by atomic mass is 32.1. The number of hydrogen-bond acceptors (Lipinski definition) is 2. The summed E-state index contributed by atoms with van der Waals surface area (Å²) < 4.78 is 2.68. The van der Waals surface area contributed by atoms with Crippen LogP contribution in [0.3, 0.4) is 0 Å². The summed E-state index contributed by atoms with van der Waals surface area (Å²) in [6, 6.07) is 53.2. The topological polar surface area (TPSA) is 3.24 Å². The first-order valence-electron chi connectivity index (χ1n) is 14.0. The van der Waals surface area contributed by atoms with Crippen LogP contribution in [-0.2, 0) is 0 Å². The first-order valence-corrected chi connectivity index (χ1v) is 14.8. The first-order chi connectivity index (χ1) is 20.2. The average molecular weight is 542 g/mol. The summed E-state index contributed by atoms with van der Waals surface area (Å²) in [6.07, 6.45) is 0. The van der Waals surface area contributed by atoms with E-state index in [1.807, 2.05) is 11.3 Å². The van der Waals surface area contributed by atoms with E-state index in [1.54, 1.807) is 0 Å². The molecule has 2 heteroatoms. The lowest BCUT2D eigenvalue weighted by molar-refractivity contribution is 1.29. The van der Waals surface area contributed by atoms with Gasteiger partial charge in [-0.2, -0.15) is 0 Å². The van der Waals surface area contributed by atoms with Gasteiger partial charge in [-0.1, -0.05) is 91.0 Å². The van der Waals surface area contributed by atoms with Crippen LogP contribution in [0.4, 0.5) is 17.1 Å². The minimum atomic E-state index is 1.15. The van der Waals surface area contributed by atoms with Gasteiger partial charge in [0.15, 0.2) is 0 Å². The van der Waals surface area contributed by atoms with Crippen LogP contribution in [0.1, 0.15) is 5.56 Å². The third-order valence-electron chi connectivity index (χ3n) is 8.06. The lowest BCUT2D eigenvalue weighted by Gasteiger charge is -2.27. The van der Waals surface area contributed by atoms with Gasteiger partial charge < -0.3 is 4.90 Å². The predicted molar refractivity (Wildman–Crippen MR) is 179 cm³/mol. The van der Waals surface area contributed by atoms with Crippen molar-refractivity contribution in [2.45, 2.75) is 6.92 Å². The summed E-state index contributed by atoms with van der Waals surface area (Å²) in [5, 5.41) is 7.62. The Morgan fingerprint density at radius 3 is 2.05 bits per heavy atom. The van der Waals surface area contributed by atoms with Gasteiger partial charge in [-0.25, -0.2) is 0 Å². The lowest BCUT2D eigenvalue weighted by Crippen LogP contribution is -2.10. The lowest BCUT2D eigenvalue weighted by atomic mass is 9.99. The SMILES string of the molecule is Cc1cccc(N(c2ccc3cc(-c4ccc5sc6ccccc6c5c4)ccc3c2)c2cccc3ccccc23)c1. The molecule has 0 spiro atoms. The van der Waals surface area contributed by atoms with Crippen molar-refractivity contribution >= 4 is 70.1 Å². The Morgan fingerprint density at radius 1 is 0.439 bits per heavy atom. The zero-order chi connectivity index (χ0) is 27.3. The molecule has 1 aromatic heterocycles. The highest BCUT2D eigenvalue weighted by molar-refractivity contribution is 7.25. The van der Waals surface area contributed by atoms with Crippen LogP contribution in [0, 0.1) is 6.92 Å². The molecule has 0 saturated carbocycles. The summed E-state index contributed by atoms with van der Waals surface area (Å²) in [7, 11) is 0. The molecule has 0 aliphatic rings. The normalized spacial score (nSPS) is 11.5. The Morgan fingerprint density at radius 2 is 1.12 bits per heavy atom. The number of rotatable bonds is 4. The predicted octanol–water partition coefficient (Wildman–Crippen LogP) is 11.8. The van der Waals surface area contributed by atoms with Gasteiger partial charge in [0.05, 0.1) is 5.69 Å². The van der Waals surface area contributed by atoms with E-state index < -0.39 is 0 Å². The van der Waals surface area contributed by atoms with Crippen molar-refractivity contribution in [3.05, 3.63) is 151 Å². The van der Waals surface area contributed by atoms with Gasteiger partial charge >= 0.3 is 0 Å². The van der Waals surface area contributed by atoms with Gasteiger partial charge in [0.2, 0.25) is 0 Å². The molecule has 0 aliphatic carbocycles. The van der Waals surface area contributed by atoms with Crippen molar-refractivity contribution in [2.24, 2.45) is 0 Å². The molecule has 7 aromatic carbocycles. The number of nitrogens with zero attached hydrogens (tertiary/aromatic N) is 1. The zero-order valence-corrected chi connectivity index (χ0v) is 23.5. The number of thiophene rings is 1. The highest BCUT2D eigenvalue weighted by Crippen LogP contribution is 2.41. The molecule has 1 heterocycles. The molecule has 0 N–H and O–H groups in total. The van der Waals surface area contributed by atoms with Crippen LogP contribution in [0.5, 0.6) is 0 Å². The minimum Gasteiger partial charge on any atom is -0.310 e. The Balaban J connectivity index is 1.25. The van der Waals surface area contributed by atoms with Crippen LogP contribution in [0.25, 0.3) is 52.8 Å². The molecule has 0 aliphatic heterocycles. The van der Waals surface area contributed by atoms with E-state index in [-0.39, 0.29) is 0 Å². The van der Waals surface area contributed by atoms with Gasteiger partial charge in [0.1, 0.15) is 0 Å². The van der Waals surface area contributed by atoms with Gasteiger partial charge in [-0.15, -0.1) is 11.3 Å². The third kappa shape index (κ3) is 4.16. The van der Waals surface area contributed by atoms with E-state index in [2.05, 4.69) is 157 Å². The van der Waals surface area contributed by atoms with Gasteiger partial charge in [-0.05, 0) is 94.4 Å². The molecule has 41 heavy (non-hydrogen) atoms. The maximum atomic E-state index is 2.39. The molecule has 0 unspecified atom stereocenters. The molecule has 0 radical (unpaired) electrons. The largest absolute Gasteiger partial charge is 0.310 e. The van der Waals surface area contributed by atoms with Crippen molar-refractivity contribution in [3.8, 4) is 11.1 Å². The fourth-order valence-corrected chi connectivity index (χ4v) is 7.14. The van der Waals surface area contributed by atoms with E-state index >= 15 is 0 Å². The second kappa shape index (κ2) is 9.62. The molecule has 0 bridgehead atoms. The van der Waals surface area contributed by atoms with Gasteiger partial charge in [-0.3, -0.25) is 0 Å². The number of aryl methyl sites for hydroxylation is 1. The molecule has 0 fully saturated rings. The van der Waals surface area contributed by atoms with E-state index in [0.717, 1.165) is 11.4 Å². The van der Waals surface area contributed by atoms with Crippen molar-refractivity contribution in [1.29, 1.82) is 0 Å². The fourth-order valence-electron chi connectivity index (χ4n) is 6.06. The number of anilines is 3. The monoisotopic (exact) mass is 541 g/mol. The standard InChI is InChI=1S/C39H27NS/c1-26-8-6-11-32(22-26)40(37-14-7-10-27-9-2-3-12-34(27)37)33-20-18-29-23-28(16-17-30(29)24-33)31-19-21-39-36(25-31)35-13-4-5-15-38(35)41-39/h2-25H,1H3. The molecule has 0 saturated heterocycles. The summed E-state index contributed by atoms with van der Waals surface area (Å²) >= 11 is 1.87. The fraction of sp³-hybridized carbons (Fsp3) is 0.0256. The Bertz CT molecular complexity index is 2230. The van der Waals surface area contributed by atoms with E-state index in [0.29, 0.717) is 0 Å². The van der Waals surface area contributed by atoms with Crippen LogP contribution >= 0.6 is 11.3 Å². The van der Waals surface area contributed by atoms with Crippen LogP contribution < -0.4 is 4.90 Å². The molecule has 0 amide bonds. The summed E-state index contributed by atoms with van der Waals surface area (Å²) in [4.78, 5) is 2.39. The second-order valence-corrected chi connectivity index (χ2v) is 11.8. The van der Waals surface area contributed by atoms with Gasteiger partial charge in [0, 0.05) is 36.9 Å². The summed E-state index contributed by atoms with van der Waals surface area (Å²) in [5.41, 5.74) is 7.23. The van der Waals surface area contributed by atoms with Crippen molar-refractivity contribution in [1.82, 2.24) is 0 Å². The maximum Gasteiger partial charge on any atom is 0.0540 e. The smallest absolute Gasteiger partial charge is 0.0540 e. The molecule has 8 rings (SSSR count). The maximum absolute atomic E-state index is 2.39. The molecule has 194 valence electrons. The minimum absolute atomic E-state index is 1.15. The average Bonchev–Trinajstić information content (AvgIpc) is 3.39. The van der Waals surface area contributed by atoms with Crippen LogP contribution in [-0.4, -0.2) is 0 Å². The molecule has 8 aromatic rings. The number of hydrogen-bond donors (Lipinski definition) is 0. The Kier molecular flexibility index (Phi) is 5.61. The zero-order valence-electron chi connectivity index (χ0n) is 22.7. The van der Waals surface area contributed by atoms with Crippen LogP contribution in [0.2, 0.25) is 0 Å². The Hall–Kier alpha value is -4.92. The molecule has 1 nitrogen and oxygen atoms in total. The van der Waals surface area contributed by atoms with E-state index in [4.69, 9.17) is 0 Å². The quantitative estimate of drug-likeness (QED) is 0.214. The second-order valence-electron chi connectivity index (χ2n) is 10.7. The number of benzene rings is 7. The summed E-state index contributed by atoms with van der Waals surface area (Å²) in [5.74, 6) is 0. The molecular formula is C39H27NS. The molecule has 0 atom stereocenters. The third-order valence-corrected chi connectivity index (χ3v) is 9.21. The van der Waals surface area contributed by atoms with Crippen LogP contribution in [0.15, 0.2) is 146 Å². The van der Waals surface area contributed by atoms with Crippen molar-refractivity contribution < 1.29 is 0 Å². The first kappa shape index (κ1) is 23.9. The van der Waals surface area contributed by atoms with Crippen molar-refractivity contribution in [3.63, 3.8) is 0 Å². The molecular weight excluding hydrogens is 515 g/mol. The van der Waals surface area contributed by atoms with Crippen molar-refractivity contribution in [2.75, 3.05) is 4.90 Å². The van der Waals surface area contributed by atoms with Gasteiger partial charge in [0.25, 0.3) is 0 Å². The Labute approximate surface area is 243 Å². The van der Waals surface area contributed by atoms with E-state index in [1.165, 1.54) is 64.1 Å².